The lowest BCUT2D eigenvalue weighted by molar-refractivity contribution is 0.267. The lowest BCUT2D eigenvalue weighted by Crippen LogP contribution is -1.97. The summed E-state index contributed by atoms with van der Waals surface area (Å²) in [7, 11) is 0. The largest absolute Gasteiger partial charge is 0.493 e. The van der Waals surface area contributed by atoms with E-state index in [1.807, 2.05) is 24.3 Å². The number of aliphatic hydroxyl groups is 1. The van der Waals surface area contributed by atoms with Crippen LogP contribution in [0.5, 0.6) is 5.75 Å². The number of rotatable bonds is 6. The number of hydrogen-bond acceptors (Lipinski definition) is 4. The molecule has 0 radical (unpaired) electrons. The Kier molecular flexibility index (Phi) is 4.36. The summed E-state index contributed by atoms with van der Waals surface area (Å²) in [4.78, 5) is 0. The first kappa shape index (κ1) is 12.6. The van der Waals surface area contributed by atoms with E-state index < -0.39 is 0 Å². The van der Waals surface area contributed by atoms with Crippen molar-refractivity contribution in [1.82, 2.24) is 5.16 Å². The molecule has 1 aromatic carbocycles. The maximum absolute atomic E-state index is 8.99. The molecular weight excluding hydrogens is 230 g/mol. The molecule has 0 fully saturated rings. The van der Waals surface area contributed by atoms with Crippen LogP contribution < -0.4 is 4.74 Å². The second-order valence-electron chi connectivity index (χ2n) is 4.04. The van der Waals surface area contributed by atoms with Crippen LogP contribution in [0.2, 0.25) is 0 Å². The van der Waals surface area contributed by atoms with E-state index in [-0.39, 0.29) is 6.61 Å². The number of unbranched alkanes of at least 4 members (excludes halogenated alkanes) is 1. The van der Waals surface area contributed by atoms with Crippen molar-refractivity contribution in [2.24, 2.45) is 0 Å². The Labute approximate surface area is 106 Å². The van der Waals surface area contributed by atoms with Gasteiger partial charge in [0.2, 0.25) is 0 Å². The fourth-order valence-electron chi connectivity index (χ4n) is 1.64. The summed E-state index contributed by atoms with van der Waals surface area (Å²) >= 11 is 0. The highest BCUT2D eigenvalue weighted by Gasteiger charge is 2.11. The highest BCUT2D eigenvalue weighted by Crippen LogP contribution is 2.30. The van der Waals surface area contributed by atoms with Gasteiger partial charge in [-0.15, -0.1) is 0 Å². The summed E-state index contributed by atoms with van der Waals surface area (Å²) in [5, 5.41) is 12.8. The van der Waals surface area contributed by atoms with Gasteiger partial charge in [-0.1, -0.05) is 30.6 Å². The monoisotopic (exact) mass is 247 g/mol. The Balaban J connectivity index is 2.20. The summed E-state index contributed by atoms with van der Waals surface area (Å²) in [6.07, 6.45) is 2.12. The summed E-state index contributed by atoms with van der Waals surface area (Å²) < 4.78 is 10.9. The molecule has 0 aliphatic carbocycles. The number of ether oxygens (including phenoxy) is 1. The van der Waals surface area contributed by atoms with E-state index in [9.17, 15) is 0 Å². The standard InChI is InChI=1S/C14H17NO3/c1-2-3-8-17-13-7-5-4-6-12(13)14-9-11(10-16)15-18-14/h4-7,9,16H,2-3,8,10H2,1H3. The second kappa shape index (κ2) is 6.21. The predicted octanol–water partition coefficient (Wildman–Crippen LogP) is 3.01. The van der Waals surface area contributed by atoms with Crippen LogP contribution in [0, 0.1) is 0 Å². The van der Waals surface area contributed by atoms with Crippen LogP contribution in [0.15, 0.2) is 34.9 Å². The average molecular weight is 247 g/mol. The first-order valence-electron chi connectivity index (χ1n) is 6.13. The van der Waals surface area contributed by atoms with Crippen LogP contribution in [0.1, 0.15) is 25.5 Å². The molecule has 0 saturated carbocycles. The van der Waals surface area contributed by atoms with E-state index in [0.717, 1.165) is 24.2 Å². The van der Waals surface area contributed by atoms with Gasteiger partial charge in [-0.2, -0.15) is 0 Å². The number of benzene rings is 1. The molecule has 2 aromatic rings. The van der Waals surface area contributed by atoms with Gasteiger partial charge in [0, 0.05) is 6.07 Å². The third-order valence-electron chi connectivity index (χ3n) is 2.63. The Bertz CT molecular complexity index is 493. The molecule has 0 unspecified atom stereocenters. The first-order valence-corrected chi connectivity index (χ1v) is 6.13. The summed E-state index contributed by atoms with van der Waals surface area (Å²) in [6, 6.07) is 9.40. The van der Waals surface area contributed by atoms with Crippen LogP contribution in [0.4, 0.5) is 0 Å². The van der Waals surface area contributed by atoms with E-state index in [4.69, 9.17) is 14.4 Å². The number of aromatic nitrogens is 1. The van der Waals surface area contributed by atoms with Crippen molar-refractivity contribution in [1.29, 1.82) is 0 Å². The molecule has 1 N–H and O–H groups in total. The van der Waals surface area contributed by atoms with Crippen molar-refractivity contribution in [3.63, 3.8) is 0 Å². The van der Waals surface area contributed by atoms with Crippen molar-refractivity contribution in [3.8, 4) is 17.1 Å². The van der Waals surface area contributed by atoms with Crippen LogP contribution in [0.3, 0.4) is 0 Å². The highest BCUT2D eigenvalue weighted by atomic mass is 16.5. The van der Waals surface area contributed by atoms with Crippen molar-refractivity contribution in [3.05, 3.63) is 36.0 Å². The smallest absolute Gasteiger partial charge is 0.170 e. The number of hydrogen-bond donors (Lipinski definition) is 1. The third kappa shape index (κ3) is 2.90. The maximum Gasteiger partial charge on any atom is 0.170 e. The van der Waals surface area contributed by atoms with E-state index in [0.29, 0.717) is 18.1 Å². The summed E-state index contributed by atoms with van der Waals surface area (Å²) in [5.74, 6) is 1.40. The number of nitrogens with zero attached hydrogens (tertiary/aromatic N) is 1. The first-order chi connectivity index (χ1) is 8.85. The SMILES string of the molecule is CCCCOc1ccccc1-c1cc(CO)no1. The predicted molar refractivity (Wildman–Crippen MR) is 68.3 cm³/mol. The Hall–Kier alpha value is -1.81. The van der Waals surface area contributed by atoms with Crippen LogP contribution in [-0.4, -0.2) is 16.9 Å². The molecule has 0 aliphatic heterocycles. The molecule has 2 rings (SSSR count). The molecule has 1 aromatic heterocycles. The summed E-state index contributed by atoms with van der Waals surface area (Å²) in [6.45, 7) is 2.69. The van der Waals surface area contributed by atoms with Gasteiger partial charge in [0.1, 0.15) is 11.4 Å². The molecule has 1 heterocycles. The van der Waals surface area contributed by atoms with Gasteiger partial charge in [-0.05, 0) is 18.6 Å². The fraction of sp³-hybridized carbons (Fsp3) is 0.357. The Morgan fingerprint density at radius 2 is 2.17 bits per heavy atom. The second-order valence-corrected chi connectivity index (χ2v) is 4.04. The minimum absolute atomic E-state index is 0.123. The lowest BCUT2D eigenvalue weighted by atomic mass is 10.1. The van der Waals surface area contributed by atoms with Crippen molar-refractivity contribution in [2.45, 2.75) is 26.4 Å². The molecule has 0 saturated heterocycles. The Morgan fingerprint density at radius 3 is 2.89 bits per heavy atom. The van der Waals surface area contributed by atoms with Gasteiger partial charge in [-0.25, -0.2) is 0 Å². The van der Waals surface area contributed by atoms with E-state index in [1.165, 1.54) is 0 Å². The fourth-order valence-corrected chi connectivity index (χ4v) is 1.64. The molecular formula is C14H17NO3. The van der Waals surface area contributed by atoms with E-state index >= 15 is 0 Å². The van der Waals surface area contributed by atoms with Crippen LogP contribution in [-0.2, 0) is 6.61 Å². The Morgan fingerprint density at radius 1 is 1.33 bits per heavy atom. The maximum atomic E-state index is 8.99. The van der Waals surface area contributed by atoms with Gasteiger partial charge in [-0.3, -0.25) is 0 Å². The molecule has 96 valence electrons. The van der Waals surface area contributed by atoms with Crippen molar-refractivity contribution < 1.29 is 14.4 Å². The highest BCUT2D eigenvalue weighted by molar-refractivity contribution is 5.65. The molecule has 0 aliphatic rings. The van der Waals surface area contributed by atoms with Crippen LogP contribution >= 0.6 is 0 Å². The van der Waals surface area contributed by atoms with Crippen molar-refractivity contribution >= 4 is 0 Å². The van der Waals surface area contributed by atoms with Gasteiger partial charge in [0.05, 0.1) is 18.8 Å². The quantitative estimate of drug-likeness (QED) is 0.797. The molecule has 18 heavy (non-hydrogen) atoms. The zero-order chi connectivity index (χ0) is 12.8. The molecule has 0 spiro atoms. The molecule has 4 heteroatoms. The topological polar surface area (TPSA) is 55.5 Å². The zero-order valence-corrected chi connectivity index (χ0v) is 10.4. The third-order valence-corrected chi connectivity index (χ3v) is 2.63. The average Bonchev–Trinajstić information content (AvgIpc) is 2.88. The molecule has 0 amide bonds. The van der Waals surface area contributed by atoms with Gasteiger partial charge in [0.15, 0.2) is 5.76 Å². The minimum atomic E-state index is -0.123. The normalized spacial score (nSPS) is 10.6. The van der Waals surface area contributed by atoms with Crippen LogP contribution in [0.25, 0.3) is 11.3 Å². The molecule has 0 atom stereocenters. The van der Waals surface area contributed by atoms with Gasteiger partial charge >= 0.3 is 0 Å². The lowest BCUT2D eigenvalue weighted by Gasteiger charge is -2.08. The number of para-hydroxylation sites is 1. The molecule has 0 bridgehead atoms. The number of aliphatic hydroxyl groups excluding tert-OH is 1. The molecule has 4 nitrogen and oxygen atoms in total. The van der Waals surface area contributed by atoms with Crippen molar-refractivity contribution in [2.75, 3.05) is 6.61 Å². The van der Waals surface area contributed by atoms with Gasteiger partial charge in [0.25, 0.3) is 0 Å². The van der Waals surface area contributed by atoms with E-state index in [2.05, 4.69) is 12.1 Å². The minimum Gasteiger partial charge on any atom is -0.493 e. The summed E-state index contributed by atoms with van der Waals surface area (Å²) in [5.41, 5.74) is 1.38. The van der Waals surface area contributed by atoms with E-state index in [1.54, 1.807) is 6.07 Å². The van der Waals surface area contributed by atoms with Gasteiger partial charge < -0.3 is 14.4 Å². The zero-order valence-electron chi connectivity index (χ0n) is 10.4.